The highest BCUT2D eigenvalue weighted by Crippen LogP contribution is 2.68. The van der Waals surface area contributed by atoms with Crippen molar-refractivity contribution >= 4 is 21.9 Å². The lowest BCUT2D eigenvalue weighted by atomic mass is 9.39. The van der Waals surface area contributed by atoms with Crippen LogP contribution in [0, 0.1) is 23.6 Å². The highest BCUT2D eigenvalue weighted by atomic mass is 19.1. The predicted molar refractivity (Wildman–Crippen MR) is 190 cm³/mol. The van der Waals surface area contributed by atoms with Gasteiger partial charge in [0.2, 0.25) is 5.69 Å². The summed E-state index contributed by atoms with van der Waals surface area (Å²) in [7, 11) is 2.05. The second-order valence-corrected chi connectivity index (χ2v) is 16.3. The Morgan fingerprint density at radius 3 is 2.00 bits per heavy atom. The molecule has 2 aliphatic rings. The maximum atomic E-state index is 16.7. The van der Waals surface area contributed by atoms with Gasteiger partial charge in [-0.15, -0.1) is 0 Å². The van der Waals surface area contributed by atoms with Gasteiger partial charge in [-0.1, -0.05) is 98.9 Å². The quantitative estimate of drug-likeness (QED) is 0.184. The minimum atomic E-state index is -0.646. The van der Waals surface area contributed by atoms with Crippen molar-refractivity contribution in [2.75, 3.05) is 0 Å². The fourth-order valence-corrected chi connectivity index (χ4v) is 9.17. The number of aryl methyl sites for hydroxylation is 2. The molecule has 0 N–H and O–H groups in total. The fourth-order valence-electron chi connectivity index (χ4n) is 9.17. The second kappa shape index (κ2) is 10.3. The number of aromatic nitrogens is 1. The molecule has 7 rings (SSSR count). The minimum absolute atomic E-state index is 0.115. The maximum Gasteiger partial charge on any atom is 0.216 e. The molecule has 0 unspecified atom stereocenters. The summed E-state index contributed by atoms with van der Waals surface area (Å²) in [6, 6.07) is 18.3. The van der Waals surface area contributed by atoms with E-state index in [1.54, 1.807) is 6.07 Å². The summed E-state index contributed by atoms with van der Waals surface area (Å²) in [5, 5.41) is 1.91. The van der Waals surface area contributed by atoms with E-state index in [2.05, 4.69) is 97.2 Å². The maximum absolute atomic E-state index is 16.7. The van der Waals surface area contributed by atoms with E-state index in [9.17, 15) is 1.37 Å². The summed E-state index contributed by atoms with van der Waals surface area (Å²) >= 11 is 0. The Kier molecular flexibility index (Phi) is 6.68. The van der Waals surface area contributed by atoms with E-state index in [0.29, 0.717) is 11.1 Å². The molecule has 240 valence electrons. The van der Waals surface area contributed by atoms with Crippen molar-refractivity contribution in [2.24, 2.45) is 17.9 Å². The van der Waals surface area contributed by atoms with Crippen LogP contribution in [0.1, 0.15) is 117 Å². The predicted octanol–water partition coefficient (Wildman–Crippen LogP) is 11.9. The smallest absolute Gasteiger partial charge is 0.216 e. The zero-order chi connectivity index (χ0) is 33.9. The third-order valence-corrected chi connectivity index (χ3v) is 13.5. The lowest BCUT2D eigenvalue weighted by Gasteiger charge is -2.65. The van der Waals surface area contributed by atoms with Gasteiger partial charge in [-0.3, -0.25) is 0 Å². The summed E-state index contributed by atoms with van der Waals surface area (Å²) in [5.74, 6) is -0.919. The fraction of sp³-hybridized carbons (Fsp3) is 0.465. The van der Waals surface area contributed by atoms with Gasteiger partial charge >= 0.3 is 0 Å². The summed E-state index contributed by atoms with van der Waals surface area (Å²) in [5.41, 5.74) is 8.70. The highest BCUT2D eigenvalue weighted by molar-refractivity contribution is 6.13. The molecule has 0 spiro atoms. The number of hydrogen-bond acceptors (Lipinski definition) is 1. The van der Waals surface area contributed by atoms with Crippen molar-refractivity contribution in [1.29, 1.82) is 0 Å². The summed E-state index contributed by atoms with van der Waals surface area (Å²) in [6.45, 7) is 21.1. The number of halogens is 1. The van der Waals surface area contributed by atoms with Gasteiger partial charge in [-0.2, -0.15) is 0 Å². The zero-order valence-corrected chi connectivity index (χ0v) is 29.5. The first-order chi connectivity index (χ1) is 22.0. The molecule has 0 saturated heterocycles. The lowest BCUT2D eigenvalue weighted by molar-refractivity contribution is -0.660. The number of furan rings is 1. The van der Waals surface area contributed by atoms with Gasteiger partial charge < -0.3 is 4.42 Å². The Bertz CT molecular complexity index is 2070. The van der Waals surface area contributed by atoms with Crippen LogP contribution >= 0.6 is 0 Å². The normalized spacial score (nSPS) is 21.2. The van der Waals surface area contributed by atoms with Gasteiger partial charge in [0, 0.05) is 24.3 Å². The molecule has 0 radical (unpaired) electrons. The van der Waals surface area contributed by atoms with Crippen LogP contribution in [-0.2, 0) is 17.9 Å². The van der Waals surface area contributed by atoms with Crippen LogP contribution in [0.4, 0.5) is 4.39 Å². The molecule has 2 aliphatic carbocycles. The van der Waals surface area contributed by atoms with Gasteiger partial charge in [-0.25, -0.2) is 8.96 Å². The molecule has 3 heteroatoms. The molecule has 2 nitrogen and oxygen atoms in total. The lowest BCUT2D eigenvalue weighted by Crippen LogP contribution is -2.60. The SMILES string of the molecule is [2H]C1(c2ccc(-c3c(F)ccc4c3oc3c(-c5cccc[n+]5C)c(C)ccc34)c3c2C(C)(C)C(C)(C)C(C)(C)C3(C)C)CCCCC1. The van der Waals surface area contributed by atoms with Crippen LogP contribution < -0.4 is 4.57 Å². The van der Waals surface area contributed by atoms with E-state index in [1.165, 1.54) is 17.5 Å². The first-order valence-electron chi connectivity index (χ1n) is 17.8. The van der Waals surface area contributed by atoms with Crippen LogP contribution in [0.15, 0.2) is 65.2 Å². The van der Waals surface area contributed by atoms with Crippen LogP contribution in [0.5, 0.6) is 0 Å². The van der Waals surface area contributed by atoms with Crippen molar-refractivity contribution in [3.63, 3.8) is 0 Å². The third-order valence-electron chi connectivity index (χ3n) is 13.5. The number of benzene rings is 3. The average molecular weight is 618 g/mol. The Hall–Kier alpha value is -3.46. The molecule has 0 aliphatic heterocycles. The Balaban J connectivity index is 1.62. The number of fused-ring (bicyclic) bond motifs is 4. The molecule has 5 aromatic rings. The molecule has 3 aromatic carbocycles. The third kappa shape index (κ3) is 4.02. The molecule has 2 aromatic heterocycles. The first kappa shape index (κ1) is 29.9. The van der Waals surface area contributed by atoms with Crippen molar-refractivity contribution in [3.8, 4) is 22.4 Å². The van der Waals surface area contributed by atoms with Crippen LogP contribution in [0.3, 0.4) is 0 Å². The van der Waals surface area contributed by atoms with Crippen molar-refractivity contribution < 1.29 is 14.7 Å². The molecule has 0 atom stereocenters. The minimum Gasteiger partial charge on any atom is -0.454 e. The van der Waals surface area contributed by atoms with Gasteiger partial charge in [0.25, 0.3) is 0 Å². The number of pyridine rings is 1. The first-order valence-corrected chi connectivity index (χ1v) is 17.3. The average Bonchev–Trinajstić information content (AvgIpc) is 3.38. The number of hydrogen-bond donors (Lipinski definition) is 0. The van der Waals surface area contributed by atoms with Gasteiger partial charge in [0.1, 0.15) is 24.0 Å². The van der Waals surface area contributed by atoms with Crippen molar-refractivity contribution in [1.82, 2.24) is 0 Å². The van der Waals surface area contributed by atoms with Crippen molar-refractivity contribution in [3.05, 3.63) is 88.9 Å². The van der Waals surface area contributed by atoms with E-state index >= 15 is 4.39 Å². The van der Waals surface area contributed by atoms with E-state index in [4.69, 9.17) is 4.42 Å². The van der Waals surface area contributed by atoms with E-state index in [-0.39, 0.29) is 27.5 Å². The number of nitrogens with zero attached hydrogens (tertiary/aromatic N) is 1. The molecular weight excluding hydrogens is 565 g/mol. The topological polar surface area (TPSA) is 17.0 Å². The van der Waals surface area contributed by atoms with Crippen molar-refractivity contribution in [2.45, 2.75) is 111 Å². The molecule has 2 heterocycles. The molecule has 0 bridgehead atoms. The highest BCUT2D eigenvalue weighted by Gasteiger charge is 2.62. The van der Waals surface area contributed by atoms with Gasteiger partial charge in [0.05, 0.1) is 11.1 Å². The molecule has 1 saturated carbocycles. The van der Waals surface area contributed by atoms with Gasteiger partial charge in [0.15, 0.2) is 6.20 Å². The molecular formula is C43H51FNO+. The largest absolute Gasteiger partial charge is 0.454 e. The van der Waals surface area contributed by atoms with E-state index < -0.39 is 5.89 Å². The second-order valence-electron chi connectivity index (χ2n) is 16.3. The monoisotopic (exact) mass is 617 g/mol. The van der Waals surface area contributed by atoms with Crippen LogP contribution in [0.2, 0.25) is 0 Å². The molecule has 46 heavy (non-hydrogen) atoms. The summed E-state index contributed by atoms with van der Waals surface area (Å²) < 4.78 is 35.6. The van der Waals surface area contributed by atoms with E-state index in [0.717, 1.165) is 70.0 Å². The zero-order valence-electron chi connectivity index (χ0n) is 30.5. The summed E-state index contributed by atoms with van der Waals surface area (Å²) in [4.78, 5) is 0. The Labute approximate surface area is 276 Å². The van der Waals surface area contributed by atoms with E-state index in [1.807, 2.05) is 31.4 Å². The summed E-state index contributed by atoms with van der Waals surface area (Å²) in [6.07, 6.45) is 7.13. The Morgan fingerprint density at radius 1 is 0.739 bits per heavy atom. The van der Waals surface area contributed by atoms with Crippen LogP contribution in [0.25, 0.3) is 44.3 Å². The molecule has 1 fully saturated rings. The van der Waals surface area contributed by atoms with Crippen LogP contribution in [-0.4, -0.2) is 0 Å². The number of rotatable bonds is 3. The standard InChI is InChI=1S/C43H51FNO/c1-26-19-20-29-30-23-24-32(44)35(39(30)46-38(29)34(26)33-18-14-15-25-45(33)10)31-22-21-28(27-16-12-11-13-17-27)36-37(31)41(4,5)43(8,9)42(6,7)40(36,2)3/h14-15,18-25,27H,11-13,16-17H2,1-10H3/q+1/i27D. The molecule has 0 amide bonds. The van der Waals surface area contributed by atoms with Gasteiger partial charge in [-0.05, 0) is 93.3 Å². The Morgan fingerprint density at radius 2 is 1.35 bits per heavy atom.